The second-order valence-electron chi connectivity index (χ2n) is 18.9. The third kappa shape index (κ3) is 8.64. The average Bonchev–Trinajstić information content (AvgIpc) is 4.17. The van der Waals surface area contributed by atoms with Crippen molar-refractivity contribution in [3.63, 3.8) is 0 Å². The summed E-state index contributed by atoms with van der Waals surface area (Å²) in [6.07, 6.45) is 17.0. The number of amides is 3. The molecule has 3 aliphatic heterocycles. The highest BCUT2D eigenvalue weighted by Gasteiger charge is 2.48. The Kier molecular flexibility index (Phi) is 11.7. The standard InChI is InChI=1S/2C17H19N5O.C16H16ClN5O/c2*1-10-6-11(21-14-8-13(18)19-9-20-14)7-12-15(10)16(23)22-17(12)4-2-3-5-17;17-11-6-9(21-13-7-12(18)19-8-20-13)5-10-14(11)15(23)22-16(10)3-1-2-4-16/h2*6-9H,2-5H2,1H3,(H,22,23)(H3,18,19,20,21);5-8H,1-4H2,(H,22,23)(H3,18,19,20,21). The number of nitrogen functional groups attached to an aromatic ring is 3. The quantitative estimate of drug-likeness (QED) is 0.0761. The normalized spacial score (nSPS) is 18.0. The van der Waals surface area contributed by atoms with Crippen LogP contribution >= 0.6 is 11.6 Å². The molecule has 0 bridgehead atoms. The Morgan fingerprint density at radius 2 is 0.754 bits per heavy atom. The molecular weight excluding hydrogens is 894 g/mol. The van der Waals surface area contributed by atoms with Crippen molar-refractivity contribution >= 4 is 81.3 Å². The van der Waals surface area contributed by atoms with Crippen molar-refractivity contribution in [1.82, 2.24) is 45.9 Å². The van der Waals surface area contributed by atoms with E-state index >= 15 is 0 Å². The summed E-state index contributed by atoms with van der Waals surface area (Å²) in [6, 6.07) is 16.9. The zero-order valence-electron chi connectivity index (χ0n) is 38.4. The summed E-state index contributed by atoms with van der Waals surface area (Å²) in [4.78, 5) is 61.2. The first-order valence-electron chi connectivity index (χ1n) is 23.4. The van der Waals surface area contributed by atoms with Crippen LogP contribution < -0.4 is 49.1 Å². The maximum atomic E-state index is 12.4. The van der Waals surface area contributed by atoms with Gasteiger partial charge in [0.05, 0.1) is 27.2 Å². The van der Waals surface area contributed by atoms with Crippen molar-refractivity contribution in [2.24, 2.45) is 0 Å². The molecule has 3 amide bonds. The van der Waals surface area contributed by atoms with Crippen molar-refractivity contribution in [2.75, 3.05) is 33.2 Å². The number of aromatic nitrogens is 6. The van der Waals surface area contributed by atoms with Crippen LogP contribution in [0.25, 0.3) is 0 Å². The Balaban J connectivity index is 0.000000120. The lowest BCUT2D eigenvalue weighted by Crippen LogP contribution is -2.36. The smallest absolute Gasteiger partial charge is 0.253 e. The molecule has 6 aromatic rings. The molecule has 19 heteroatoms. The molecule has 6 aliphatic rings. The van der Waals surface area contributed by atoms with E-state index in [4.69, 9.17) is 28.8 Å². The van der Waals surface area contributed by atoms with Crippen LogP contribution in [0.5, 0.6) is 0 Å². The summed E-state index contributed by atoms with van der Waals surface area (Å²) in [5, 5.41) is 19.8. The Morgan fingerprint density at radius 3 is 1.09 bits per heavy atom. The summed E-state index contributed by atoms with van der Waals surface area (Å²) in [5.41, 5.74) is 26.5. The van der Waals surface area contributed by atoms with Gasteiger partial charge >= 0.3 is 0 Å². The van der Waals surface area contributed by atoms with Gasteiger partial charge < -0.3 is 49.1 Å². The van der Waals surface area contributed by atoms with E-state index in [-0.39, 0.29) is 34.3 Å². The predicted molar refractivity (Wildman–Crippen MR) is 266 cm³/mol. The number of aryl methyl sites for hydroxylation is 2. The van der Waals surface area contributed by atoms with Gasteiger partial charge in [0.2, 0.25) is 0 Å². The van der Waals surface area contributed by atoms with Crippen LogP contribution in [0.1, 0.15) is 136 Å². The molecule has 354 valence electrons. The number of fused-ring (bicyclic) bond motifs is 6. The van der Waals surface area contributed by atoms with Crippen LogP contribution in [0.4, 0.5) is 52.0 Å². The molecule has 0 atom stereocenters. The maximum Gasteiger partial charge on any atom is 0.253 e. The minimum atomic E-state index is -0.265. The first-order valence-corrected chi connectivity index (χ1v) is 23.8. The van der Waals surface area contributed by atoms with Gasteiger partial charge in [-0.3, -0.25) is 14.4 Å². The second kappa shape index (κ2) is 17.8. The number of halogens is 1. The lowest BCUT2D eigenvalue weighted by atomic mass is 9.87. The van der Waals surface area contributed by atoms with Crippen LogP contribution in [0.2, 0.25) is 5.02 Å². The van der Waals surface area contributed by atoms with E-state index in [9.17, 15) is 14.4 Å². The summed E-state index contributed by atoms with van der Waals surface area (Å²) >= 11 is 6.37. The molecule has 12 rings (SSSR count). The lowest BCUT2D eigenvalue weighted by molar-refractivity contribution is 0.0921. The molecule has 3 spiro atoms. The van der Waals surface area contributed by atoms with E-state index in [1.54, 1.807) is 24.3 Å². The molecule has 3 aromatic carbocycles. The number of nitrogens with one attached hydrogen (secondary N) is 6. The van der Waals surface area contributed by atoms with E-state index < -0.39 is 0 Å². The fourth-order valence-electron chi connectivity index (χ4n) is 11.3. The van der Waals surface area contributed by atoms with Crippen LogP contribution in [0.15, 0.2) is 73.6 Å². The second-order valence-corrected chi connectivity index (χ2v) is 19.3. The zero-order chi connectivity index (χ0) is 48.1. The minimum Gasteiger partial charge on any atom is -0.384 e. The molecule has 12 N–H and O–H groups in total. The maximum absolute atomic E-state index is 12.4. The number of hydrogen-bond donors (Lipinski definition) is 9. The third-order valence-electron chi connectivity index (χ3n) is 14.3. The summed E-state index contributed by atoms with van der Waals surface area (Å²) < 4.78 is 0. The number of anilines is 9. The highest BCUT2D eigenvalue weighted by molar-refractivity contribution is 6.34. The average molecular weight is 949 g/mol. The third-order valence-corrected chi connectivity index (χ3v) is 14.6. The largest absolute Gasteiger partial charge is 0.384 e. The number of benzene rings is 3. The molecule has 18 nitrogen and oxygen atoms in total. The number of nitrogens with two attached hydrogens (primary N) is 3. The summed E-state index contributed by atoms with van der Waals surface area (Å²) in [7, 11) is 0. The Labute approximate surface area is 403 Å². The van der Waals surface area contributed by atoms with Gasteiger partial charge in [0, 0.05) is 46.4 Å². The molecule has 3 aliphatic carbocycles. The van der Waals surface area contributed by atoms with Gasteiger partial charge in [-0.25, -0.2) is 29.9 Å². The highest BCUT2D eigenvalue weighted by Crippen LogP contribution is 2.49. The Morgan fingerprint density at radius 1 is 0.449 bits per heavy atom. The van der Waals surface area contributed by atoms with Gasteiger partial charge in [-0.05, 0) is 117 Å². The number of carbonyl (C=O) groups excluding carboxylic acids is 3. The number of nitrogens with zero attached hydrogens (tertiary/aromatic N) is 6. The number of carbonyl (C=O) groups is 3. The van der Waals surface area contributed by atoms with Gasteiger partial charge in [0.15, 0.2) is 0 Å². The minimum absolute atomic E-state index is 0.0530. The monoisotopic (exact) mass is 947 g/mol. The first kappa shape index (κ1) is 45.2. The van der Waals surface area contributed by atoms with Crippen LogP contribution in [0.3, 0.4) is 0 Å². The van der Waals surface area contributed by atoms with Crippen LogP contribution in [0, 0.1) is 13.8 Å². The fourth-order valence-corrected chi connectivity index (χ4v) is 11.6. The first-order chi connectivity index (χ1) is 33.2. The molecule has 3 aromatic heterocycles. The molecule has 0 radical (unpaired) electrons. The molecule has 69 heavy (non-hydrogen) atoms. The molecule has 0 unspecified atom stereocenters. The Hall–Kier alpha value is -7.60. The Bertz CT molecular complexity index is 2710. The fraction of sp³-hybridized carbons (Fsp3) is 0.340. The van der Waals surface area contributed by atoms with E-state index in [0.29, 0.717) is 45.5 Å². The van der Waals surface area contributed by atoms with Crippen molar-refractivity contribution in [3.05, 3.63) is 123 Å². The van der Waals surface area contributed by atoms with E-state index in [1.807, 2.05) is 32.0 Å². The topological polar surface area (TPSA) is 279 Å². The lowest BCUT2D eigenvalue weighted by Gasteiger charge is -2.25. The highest BCUT2D eigenvalue weighted by atomic mass is 35.5. The van der Waals surface area contributed by atoms with Crippen molar-refractivity contribution in [2.45, 2.75) is 108 Å². The van der Waals surface area contributed by atoms with Gasteiger partial charge in [-0.2, -0.15) is 0 Å². The number of rotatable bonds is 6. The van der Waals surface area contributed by atoms with Gasteiger partial charge in [-0.1, -0.05) is 50.1 Å². The molecule has 0 saturated heterocycles. The van der Waals surface area contributed by atoms with Crippen molar-refractivity contribution in [1.29, 1.82) is 0 Å². The number of hydrogen-bond acceptors (Lipinski definition) is 15. The molecule has 3 saturated carbocycles. The summed E-state index contributed by atoms with van der Waals surface area (Å²) in [6.45, 7) is 3.96. The van der Waals surface area contributed by atoms with E-state index in [2.05, 4.69) is 73.9 Å². The molecule has 3 fully saturated rings. The van der Waals surface area contributed by atoms with Gasteiger partial charge in [0.25, 0.3) is 17.7 Å². The van der Waals surface area contributed by atoms with Crippen molar-refractivity contribution < 1.29 is 14.4 Å². The van der Waals surface area contributed by atoms with E-state index in [0.717, 1.165) is 133 Å². The van der Waals surface area contributed by atoms with Crippen molar-refractivity contribution in [3.8, 4) is 0 Å². The molecule has 6 heterocycles. The zero-order valence-corrected chi connectivity index (χ0v) is 39.2. The van der Waals surface area contributed by atoms with Crippen LogP contribution in [-0.4, -0.2) is 47.6 Å². The summed E-state index contributed by atoms with van der Waals surface area (Å²) in [5.74, 6) is 3.14. The molecular formula is C50H54ClN15O3. The van der Waals surface area contributed by atoms with Gasteiger partial charge in [0.1, 0.15) is 53.9 Å². The van der Waals surface area contributed by atoms with Gasteiger partial charge in [-0.15, -0.1) is 0 Å². The predicted octanol–water partition coefficient (Wildman–Crippen LogP) is 8.22. The van der Waals surface area contributed by atoms with Crippen LogP contribution in [-0.2, 0) is 16.6 Å². The SMILES string of the molecule is Cc1cc(Nc2cc(N)ncn2)cc2c1C(=O)NC21CCCC1.Cc1cc(Nc2cc(N)ncn2)cc2c1C(=O)NC21CCCC1.Nc1cc(Nc2cc(Cl)c3c(c2)C2(CCCC2)NC3=O)ncn1. The van der Waals surface area contributed by atoms with E-state index in [1.165, 1.54) is 19.0 Å².